The van der Waals surface area contributed by atoms with Crippen LogP contribution in [0.25, 0.3) is 0 Å². The number of piperidine rings is 1. The molecule has 134 valence electrons. The number of benzene rings is 1. The molecule has 2 aromatic rings. The molecule has 0 atom stereocenters. The third-order valence-electron chi connectivity index (χ3n) is 5.07. The van der Waals surface area contributed by atoms with Gasteiger partial charge in [-0.1, -0.05) is 12.1 Å². The molecule has 0 bridgehead atoms. The SMILES string of the molecule is CN(C(=O)c1ccc(CN)cc1)C1CCN(CCn2cccn2)CC1. The molecule has 2 N–H and O–H groups in total. The van der Waals surface area contributed by atoms with E-state index in [1.165, 1.54) is 0 Å². The summed E-state index contributed by atoms with van der Waals surface area (Å²) in [5.41, 5.74) is 7.40. The maximum atomic E-state index is 12.7. The van der Waals surface area contributed by atoms with Crippen molar-refractivity contribution in [2.45, 2.75) is 32.0 Å². The van der Waals surface area contributed by atoms with Crippen LogP contribution in [0, 0.1) is 0 Å². The lowest BCUT2D eigenvalue weighted by molar-refractivity contribution is 0.0639. The Balaban J connectivity index is 1.48. The summed E-state index contributed by atoms with van der Waals surface area (Å²) < 4.78 is 1.97. The summed E-state index contributed by atoms with van der Waals surface area (Å²) in [6, 6.07) is 9.87. The minimum absolute atomic E-state index is 0.0959. The number of hydrogen-bond donors (Lipinski definition) is 1. The summed E-state index contributed by atoms with van der Waals surface area (Å²) in [7, 11) is 1.92. The molecule has 6 heteroatoms. The quantitative estimate of drug-likeness (QED) is 0.866. The molecule has 3 rings (SSSR count). The smallest absolute Gasteiger partial charge is 0.253 e. The van der Waals surface area contributed by atoms with Crippen LogP contribution in [-0.4, -0.2) is 58.2 Å². The van der Waals surface area contributed by atoms with Gasteiger partial charge in [-0.15, -0.1) is 0 Å². The van der Waals surface area contributed by atoms with E-state index >= 15 is 0 Å². The first-order valence-electron chi connectivity index (χ1n) is 8.93. The van der Waals surface area contributed by atoms with Gasteiger partial charge in [-0.2, -0.15) is 5.10 Å². The number of rotatable bonds is 6. The monoisotopic (exact) mass is 341 g/mol. The van der Waals surface area contributed by atoms with Crippen LogP contribution in [0.2, 0.25) is 0 Å². The van der Waals surface area contributed by atoms with Crippen LogP contribution in [0.5, 0.6) is 0 Å². The third-order valence-corrected chi connectivity index (χ3v) is 5.07. The maximum absolute atomic E-state index is 12.7. The minimum atomic E-state index is 0.0959. The largest absolute Gasteiger partial charge is 0.339 e. The van der Waals surface area contributed by atoms with Gasteiger partial charge < -0.3 is 15.5 Å². The van der Waals surface area contributed by atoms with Gasteiger partial charge in [0.1, 0.15) is 0 Å². The van der Waals surface area contributed by atoms with Gasteiger partial charge in [0.25, 0.3) is 5.91 Å². The topological polar surface area (TPSA) is 67.4 Å². The first-order valence-corrected chi connectivity index (χ1v) is 8.93. The molecule has 0 saturated carbocycles. The number of nitrogens with two attached hydrogens (primary N) is 1. The van der Waals surface area contributed by atoms with E-state index < -0.39 is 0 Å². The zero-order chi connectivity index (χ0) is 17.6. The Labute approximate surface area is 149 Å². The Kier molecular flexibility index (Phi) is 5.83. The van der Waals surface area contributed by atoms with Crippen LogP contribution in [0.15, 0.2) is 42.7 Å². The zero-order valence-corrected chi connectivity index (χ0v) is 14.8. The second-order valence-electron chi connectivity index (χ2n) is 6.66. The average Bonchev–Trinajstić information content (AvgIpc) is 3.19. The van der Waals surface area contributed by atoms with Gasteiger partial charge >= 0.3 is 0 Å². The Morgan fingerprint density at radius 1 is 1.24 bits per heavy atom. The molecular weight excluding hydrogens is 314 g/mol. The van der Waals surface area contributed by atoms with Crippen LogP contribution < -0.4 is 5.73 Å². The maximum Gasteiger partial charge on any atom is 0.253 e. The molecule has 6 nitrogen and oxygen atoms in total. The van der Waals surface area contributed by atoms with Crippen LogP contribution in [0.1, 0.15) is 28.8 Å². The van der Waals surface area contributed by atoms with Crippen molar-refractivity contribution in [3.63, 3.8) is 0 Å². The Morgan fingerprint density at radius 2 is 1.96 bits per heavy atom. The van der Waals surface area contributed by atoms with Crippen molar-refractivity contribution in [1.29, 1.82) is 0 Å². The van der Waals surface area contributed by atoms with Gasteiger partial charge in [0.15, 0.2) is 0 Å². The summed E-state index contributed by atoms with van der Waals surface area (Å²) >= 11 is 0. The number of amides is 1. The average molecular weight is 341 g/mol. The highest BCUT2D eigenvalue weighted by Gasteiger charge is 2.25. The third kappa shape index (κ3) is 4.46. The number of carbonyl (C=O) groups is 1. The van der Waals surface area contributed by atoms with E-state index in [1.54, 1.807) is 0 Å². The van der Waals surface area contributed by atoms with Gasteiger partial charge in [-0.3, -0.25) is 9.48 Å². The lowest BCUT2D eigenvalue weighted by Crippen LogP contribution is -2.46. The lowest BCUT2D eigenvalue weighted by atomic mass is 10.0. The number of likely N-dealkylation sites (tertiary alicyclic amines) is 1. The molecule has 0 radical (unpaired) electrons. The molecule has 0 aliphatic carbocycles. The fourth-order valence-electron chi connectivity index (χ4n) is 3.36. The molecule has 1 aromatic carbocycles. The molecule has 0 unspecified atom stereocenters. The summed E-state index contributed by atoms with van der Waals surface area (Å²) in [4.78, 5) is 17.0. The van der Waals surface area contributed by atoms with E-state index in [2.05, 4.69) is 10.00 Å². The lowest BCUT2D eigenvalue weighted by Gasteiger charge is -2.36. The standard InChI is InChI=1S/C19H27N5O/c1-22(19(25)17-5-3-16(15-20)4-6-17)18-7-11-23(12-8-18)13-14-24-10-2-9-21-24/h2-6,9-10,18H,7-8,11-15,20H2,1H3. The van der Waals surface area contributed by atoms with Crippen molar-refractivity contribution in [2.75, 3.05) is 26.7 Å². The molecular formula is C19H27N5O. The Bertz CT molecular complexity index is 660. The van der Waals surface area contributed by atoms with Crippen molar-refractivity contribution < 1.29 is 4.79 Å². The van der Waals surface area contributed by atoms with Gasteiger partial charge in [0.2, 0.25) is 0 Å². The van der Waals surface area contributed by atoms with Crippen molar-refractivity contribution in [1.82, 2.24) is 19.6 Å². The second kappa shape index (κ2) is 8.27. The van der Waals surface area contributed by atoms with E-state index in [0.717, 1.165) is 50.1 Å². The molecule has 1 aromatic heterocycles. The summed E-state index contributed by atoms with van der Waals surface area (Å²) in [5.74, 6) is 0.0959. The summed E-state index contributed by atoms with van der Waals surface area (Å²) in [5, 5.41) is 4.24. The molecule has 2 heterocycles. The van der Waals surface area contributed by atoms with Gasteiger partial charge in [-0.05, 0) is 36.6 Å². The Morgan fingerprint density at radius 3 is 2.56 bits per heavy atom. The fourth-order valence-corrected chi connectivity index (χ4v) is 3.36. The van der Waals surface area contributed by atoms with Gasteiger partial charge in [0.05, 0.1) is 6.54 Å². The summed E-state index contributed by atoms with van der Waals surface area (Å²) in [6.45, 7) is 4.47. The highest BCUT2D eigenvalue weighted by Crippen LogP contribution is 2.18. The van der Waals surface area contributed by atoms with Crippen molar-refractivity contribution in [2.24, 2.45) is 5.73 Å². The number of hydrogen-bond acceptors (Lipinski definition) is 4. The molecule has 25 heavy (non-hydrogen) atoms. The highest BCUT2D eigenvalue weighted by atomic mass is 16.2. The van der Waals surface area contributed by atoms with Crippen LogP contribution in [0.3, 0.4) is 0 Å². The predicted molar refractivity (Wildman–Crippen MR) is 98.1 cm³/mol. The van der Waals surface area contributed by atoms with Crippen molar-refractivity contribution in [3.8, 4) is 0 Å². The summed E-state index contributed by atoms with van der Waals surface area (Å²) in [6.07, 6.45) is 5.84. The molecule has 0 spiro atoms. The fraction of sp³-hybridized carbons (Fsp3) is 0.474. The molecule has 1 saturated heterocycles. The van der Waals surface area contributed by atoms with Crippen molar-refractivity contribution in [3.05, 3.63) is 53.9 Å². The van der Waals surface area contributed by atoms with E-state index in [0.29, 0.717) is 12.6 Å². The van der Waals surface area contributed by atoms with Gasteiger partial charge in [-0.25, -0.2) is 0 Å². The van der Waals surface area contributed by atoms with Crippen LogP contribution in [-0.2, 0) is 13.1 Å². The minimum Gasteiger partial charge on any atom is -0.339 e. The molecule has 1 fully saturated rings. The predicted octanol–water partition coefficient (Wildman–Crippen LogP) is 1.58. The first kappa shape index (κ1) is 17.6. The van der Waals surface area contributed by atoms with Crippen LogP contribution >= 0.6 is 0 Å². The zero-order valence-electron chi connectivity index (χ0n) is 14.8. The number of aromatic nitrogens is 2. The second-order valence-corrected chi connectivity index (χ2v) is 6.66. The normalized spacial score (nSPS) is 16.1. The number of carbonyl (C=O) groups excluding carboxylic acids is 1. The molecule has 1 aliphatic rings. The molecule has 1 aliphatic heterocycles. The first-order chi connectivity index (χ1) is 12.2. The Hall–Kier alpha value is -2.18. The van der Waals surface area contributed by atoms with Crippen molar-refractivity contribution >= 4 is 5.91 Å². The van der Waals surface area contributed by atoms with E-state index in [9.17, 15) is 4.79 Å². The van der Waals surface area contributed by atoms with E-state index in [-0.39, 0.29) is 5.91 Å². The molecule has 1 amide bonds. The number of nitrogens with zero attached hydrogens (tertiary/aromatic N) is 4. The van der Waals surface area contributed by atoms with E-state index in [4.69, 9.17) is 5.73 Å². The van der Waals surface area contributed by atoms with E-state index in [1.807, 2.05) is 59.4 Å². The highest BCUT2D eigenvalue weighted by molar-refractivity contribution is 5.94. The van der Waals surface area contributed by atoms with Crippen LogP contribution in [0.4, 0.5) is 0 Å². The van der Waals surface area contributed by atoms with Gasteiger partial charge in [0, 0.05) is 57.2 Å².